The second-order valence-electron chi connectivity index (χ2n) is 19.5. The summed E-state index contributed by atoms with van der Waals surface area (Å²) in [6, 6.07) is 1.14. The van der Waals surface area contributed by atoms with Crippen LogP contribution in [-0.4, -0.2) is 140 Å². The predicted molar refractivity (Wildman–Crippen MR) is 229 cm³/mol. The maximum Gasteiger partial charge on any atom is 0.165 e. The van der Waals surface area contributed by atoms with Crippen LogP contribution in [0.3, 0.4) is 0 Å². The summed E-state index contributed by atoms with van der Waals surface area (Å²) in [5, 5.41) is 0. The van der Waals surface area contributed by atoms with Crippen LogP contribution in [0.15, 0.2) is 0 Å². The van der Waals surface area contributed by atoms with Crippen molar-refractivity contribution in [2.75, 3.05) is 72.4 Å². The van der Waals surface area contributed by atoms with Gasteiger partial charge >= 0.3 is 0 Å². The predicted octanol–water partition coefficient (Wildman–Crippen LogP) is 7.95. The molecule has 0 aromatic rings. The van der Waals surface area contributed by atoms with Crippen LogP contribution in [-0.2, 0) is 47.8 Å². The monoisotopic (exact) mass is 827 g/mol. The van der Waals surface area contributed by atoms with E-state index in [2.05, 4.69) is 72.1 Å². The normalized spacial score (nSPS) is 21.2. The molecule has 5 atom stereocenters. The van der Waals surface area contributed by atoms with Gasteiger partial charge in [0, 0.05) is 57.5 Å². The highest BCUT2D eigenvalue weighted by atomic mass is 17.2. The molecule has 0 bridgehead atoms. The van der Waals surface area contributed by atoms with Crippen molar-refractivity contribution in [2.45, 2.75) is 201 Å². The molecule has 12 nitrogen and oxygen atoms in total. The van der Waals surface area contributed by atoms with Crippen LogP contribution in [0.1, 0.15) is 161 Å². The zero-order valence-electron chi connectivity index (χ0n) is 39.5. The molecule has 0 amide bonds. The van der Waals surface area contributed by atoms with Gasteiger partial charge in [-0.05, 0) is 113 Å². The van der Waals surface area contributed by atoms with Crippen molar-refractivity contribution in [1.82, 2.24) is 9.80 Å². The molecule has 0 saturated carbocycles. The van der Waals surface area contributed by atoms with E-state index in [1.807, 2.05) is 34.6 Å². The quantitative estimate of drug-likeness (QED) is 0.0264. The summed E-state index contributed by atoms with van der Waals surface area (Å²) in [5.74, 6) is 0.295. The first-order valence-corrected chi connectivity index (χ1v) is 22.5. The zero-order valence-corrected chi connectivity index (χ0v) is 39.5. The Balaban J connectivity index is 2.05. The molecule has 0 aromatic carbocycles. The Morgan fingerprint density at radius 1 is 0.534 bits per heavy atom. The SMILES string of the molecule is CCCC(=O)C(CC)(CC)OCCOC(C)(C)CC(CC)(CC(C)(C)OCCOOCC(=O)CCN1CC1C)CC(C)(C)OCCOC(C)(C)C(=O)CCN1CC1C. The van der Waals surface area contributed by atoms with Crippen molar-refractivity contribution in [2.24, 2.45) is 5.41 Å². The van der Waals surface area contributed by atoms with Gasteiger partial charge in [-0.3, -0.25) is 24.2 Å². The van der Waals surface area contributed by atoms with Gasteiger partial charge in [-0.2, -0.15) is 0 Å². The van der Waals surface area contributed by atoms with Gasteiger partial charge in [-0.25, -0.2) is 9.78 Å². The summed E-state index contributed by atoms with van der Waals surface area (Å²) in [4.78, 5) is 53.2. The number of hydrogen-bond acceptors (Lipinski definition) is 12. The molecular formula is C46H86N2O10. The highest BCUT2D eigenvalue weighted by Gasteiger charge is 2.44. The highest BCUT2D eigenvalue weighted by molar-refractivity contribution is 5.87. The molecule has 2 saturated heterocycles. The summed E-state index contributed by atoms with van der Waals surface area (Å²) in [6.07, 6.45) is 6.55. The first-order valence-electron chi connectivity index (χ1n) is 22.5. The van der Waals surface area contributed by atoms with Crippen LogP contribution in [0.5, 0.6) is 0 Å². The molecule has 340 valence electrons. The van der Waals surface area contributed by atoms with E-state index in [9.17, 15) is 14.4 Å². The second kappa shape index (κ2) is 23.8. The number of Topliss-reactive ketones (excluding diaryl/α,β-unsaturated/α-hetero) is 3. The maximum atomic E-state index is 13.0. The van der Waals surface area contributed by atoms with Crippen molar-refractivity contribution < 1.29 is 47.8 Å². The Labute approximate surface area is 353 Å². The lowest BCUT2D eigenvalue weighted by Crippen LogP contribution is -2.46. The lowest BCUT2D eigenvalue weighted by Gasteiger charge is -2.47. The van der Waals surface area contributed by atoms with E-state index in [-0.39, 0.29) is 36.0 Å². The van der Waals surface area contributed by atoms with Crippen molar-refractivity contribution in [1.29, 1.82) is 0 Å². The summed E-state index contributed by atoms with van der Waals surface area (Å²) < 4.78 is 32.0. The van der Waals surface area contributed by atoms with Crippen LogP contribution in [0, 0.1) is 5.41 Å². The van der Waals surface area contributed by atoms with Crippen molar-refractivity contribution in [3.05, 3.63) is 0 Å². The van der Waals surface area contributed by atoms with Crippen LogP contribution in [0.25, 0.3) is 0 Å². The molecule has 0 radical (unpaired) electrons. The lowest BCUT2D eigenvalue weighted by atomic mass is 9.65. The molecule has 5 unspecified atom stereocenters. The fourth-order valence-electron chi connectivity index (χ4n) is 8.67. The number of carbonyl (C=O) groups excluding carboxylic acids is 3. The maximum absolute atomic E-state index is 13.0. The van der Waals surface area contributed by atoms with E-state index in [0.717, 1.165) is 58.3 Å². The van der Waals surface area contributed by atoms with Crippen LogP contribution in [0.4, 0.5) is 0 Å². The Hall–Kier alpha value is -1.35. The van der Waals surface area contributed by atoms with Crippen LogP contribution >= 0.6 is 0 Å². The molecule has 0 N–H and O–H groups in total. The molecule has 2 aliphatic rings. The van der Waals surface area contributed by atoms with Gasteiger partial charge < -0.3 is 23.7 Å². The fraction of sp³-hybridized carbons (Fsp3) is 0.935. The van der Waals surface area contributed by atoms with Gasteiger partial charge in [-0.1, -0.05) is 34.1 Å². The number of hydrogen-bond donors (Lipinski definition) is 0. The molecule has 58 heavy (non-hydrogen) atoms. The summed E-state index contributed by atoms with van der Waals surface area (Å²) >= 11 is 0. The molecular weight excluding hydrogens is 741 g/mol. The van der Waals surface area contributed by atoms with Gasteiger partial charge in [0.15, 0.2) is 17.3 Å². The standard InChI is InChI=1S/C46H86N2O10/c1-15-19-40(51)46(17-3,18-4)56-27-25-53-42(9,10)34-45(16-2,35-43(11,12)54-28-29-57-58-32-38(49)20-22-47-30-36(47)5)33-41(7,8)52-24-26-55-44(13,14)39(50)21-23-48-31-37(48)6/h36-37H,15-35H2,1-14H3. The minimum absolute atomic E-state index is 0.0232. The summed E-state index contributed by atoms with van der Waals surface area (Å²) in [6.45, 7) is 34.4. The average Bonchev–Trinajstić information content (AvgIpc) is 4.05. The Morgan fingerprint density at radius 2 is 0.966 bits per heavy atom. The number of carbonyl (C=O) groups is 3. The van der Waals surface area contributed by atoms with Gasteiger partial charge in [0.25, 0.3) is 0 Å². The Bertz CT molecular complexity index is 1250. The molecule has 2 heterocycles. The van der Waals surface area contributed by atoms with E-state index >= 15 is 0 Å². The van der Waals surface area contributed by atoms with Gasteiger partial charge in [0.05, 0.1) is 49.8 Å². The average molecular weight is 827 g/mol. The number of ether oxygens (including phenoxy) is 5. The van der Waals surface area contributed by atoms with Crippen molar-refractivity contribution in [3.8, 4) is 0 Å². The molecule has 2 fully saturated rings. The van der Waals surface area contributed by atoms with Gasteiger partial charge in [0.2, 0.25) is 0 Å². The third kappa shape index (κ3) is 19.1. The van der Waals surface area contributed by atoms with E-state index in [0.29, 0.717) is 77.2 Å². The molecule has 12 heteroatoms. The first kappa shape index (κ1) is 52.8. The number of rotatable bonds is 36. The van der Waals surface area contributed by atoms with E-state index < -0.39 is 28.0 Å². The second-order valence-corrected chi connectivity index (χ2v) is 19.5. The minimum atomic E-state index is -0.874. The van der Waals surface area contributed by atoms with E-state index in [1.54, 1.807) is 0 Å². The van der Waals surface area contributed by atoms with Gasteiger partial charge in [-0.15, -0.1) is 0 Å². The molecule has 2 aliphatic heterocycles. The van der Waals surface area contributed by atoms with Gasteiger partial charge in [0.1, 0.15) is 24.4 Å². The van der Waals surface area contributed by atoms with Crippen molar-refractivity contribution in [3.63, 3.8) is 0 Å². The zero-order chi connectivity index (χ0) is 43.8. The highest BCUT2D eigenvalue weighted by Crippen LogP contribution is 2.47. The first-order chi connectivity index (χ1) is 27.0. The number of nitrogens with zero attached hydrogens (tertiary/aromatic N) is 2. The molecule has 2 rings (SSSR count). The van der Waals surface area contributed by atoms with Crippen molar-refractivity contribution >= 4 is 17.3 Å². The summed E-state index contributed by atoms with van der Waals surface area (Å²) in [7, 11) is 0. The van der Waals surface area contributed by atoms with Crippen LogP contribution in [0.2, 0.25) is 0 Å². The third-order valence-corrected chi connectivity index (χ3v) is 12.2. The van der Waals surface area contributed by atoms with E-state index in [1.165, 1.54) is 0 Å². The number of ketones is 3. The Morgan fingerprint density at radius 3 is 1.40 bits per heavy atom. The Kier molecular flexibility index (Phi) is 21.6. The third-order valence-electron chi connectivity index (χ3n) is 12.2. The topological polar surface area (TPSA) is 122 Å². The minimum Gasteiger partial charge on any atom is -0.373 e. The smallest absolute Gasteiger partial charge is 0.165 e. The largest absolute Gasteiger partial charge is 0.373 e. The fourth-order valence-corrected chi connectivity index (χ4v) is 8.67. The lowest BCUT2D eigenvalue weighted by molar-refractivity contribution is -0.296. The molecule has 0 aromatic heterocycles. The molecule has 0 spiro atoms. The van der Waals surface area contributed by atoms with Crippen LogP contribution < -0.4 is 0 Å². The van der Waals surface area contributed by atoms with E-state index in [4.69, 9.17) is 33.5 Å². The molecule has 0 aliphatic carbocycles. The summed E-state index contributed by atoms with van der Waals surface area (Å²) in [5.41, 5.74) is -3.51.